The molecule has 1 rings (SSSR count). The molecule has 0 heterocycles. The molecule has 4 heteroatoms. The predicted molar refractivity (Wildman–Crippen MR) is 50.6 cm³/mol. The van der Waals surface area contributed by atoms with Crippen LogP contribution in [0.1, 0.15) is 23.2 Å². The third-order valence-electron chi connectivity index (χ3n) is 1.71. The maximum absolute atomic E-state index is 13.1. The number of rotatable bonds is 3. The summed E-state index contributed by atoms with van der Waals surface area (Å²) in [5, 5.41) is 8.36. The van der Waals surface area contributed by atoms with Gasteiger partial charge in [-0.15, -0.1) is 0 Å². The molecule has 1 aromatic rings. The number of halogens is 2. The Morgan fingerprint density at radius 1 is 1.57 bits per heavy atom. The molecule has 0 saturated carbocycles. The normalized spacial score (nSPS) is 9.50. The molecule has 0 fully saturated rings. The van der Waals surface area contributed by atoms with Crippen molar-refractivity contribution >= 4 is 17.4 Å². The second kappa shape index (κ2) is 4.73. The SMILES string of the molecule is N#CCCC(=O)c1c(F)cccc1Cl. The van der Waals surface area contributed by atoms with E-state index in [2.05, 4.69) is 0 Å². The number of Topliss-reactive ketones (excluding diaryl/α,β-unsaturated/α-hetero) is 1. The van der Waals surface area contributed by atoms with Crippen molar-refractivity contribution in [3.05, 3.63) is 34.6 Å². The summed E-state index contributed by atoms with van der Waals surface area (Å²) in [4.78, 5) is 11.4. The number of hydrogen-bond acceptors (Lipinski definition) is 2. The van der Waals surface area contributed by atoms with E-state index in [1.165, 1.54) is 18.2 Å². The smallest absolute Gasteiger partial charge is 0.168 e. The molecule has 2 nitrogen and oxygen atoms in total. The van der Waals surface area contributed by atoms with Gasteiger partial charge in [0.15, 0.2) is 5.78 Å². The lowest BCUT2D eigenvalue weighted by molar-refractivity contribution is 0.0980. The van der Waals surface area contributed by atoms with Crippen LogP contribution in [0, 0.1) is 17.1 Å². The van der Waals surface area contributed by atoms with Gasteiger partial charge in [0.1, 0.15) is 5.82 Å². The summed E-state index contributed by atoms with van der Waals surface area (Å²) in [6.45, 7) is 0. The fraction of sp³-hybridized carbons (Fsp3) is 0.200. The number of ketones is 1. The highest BCUT2D eigenvalue weighted by Gasteiger charge is 2.14. The van der Waals surface area contributed by atoms with Crippen LogP contribution in [-0.2, 0) is 0 Å². The third kappa shape index (κ3) is 2.30. The van der Waals surface area contributed by atoms with Crippen molar-refractivity contribution in [1.82, 2.24) is 0 Å². The molecule has 0 spiro atoms. The maximum Gasteiger partial charge on any atom is 0.168 e. The van der Waals surface area contributed by atoms with E-state index in [0.29, 0.717) is 0 Å². The van der Waals surface area contributed by atoms with Gasteiger partial charge in [0.2, 0.25) is 0 Å². The predicted octanol–water partition coefficient (Wildman–Crippen LogP) is 2.97. The second-order valence-corrected chi connectivity index (χ2v) is 3.09. The van der Waals surface area contributed by atoms with Crippen molar-refractivity contribution in [2.75, 3.05) is 0 Å². The Morgan fingerprint density at radius 2 is 2.29 bits per heavy atom. The lowest BCUT2D eigenvalue weighted by Gasteiger charge is -2.02. The highest BCUT2D eigenvalue weighted by Crippen LogP contribution is 2.20. The summed E-state index contributed by atoms with van der Waals surface area (Å²) < 4.78 is 13.1. The number of hydrogen-bond donors (Lipinski definition) is 0. The van der Waals surface area contributed by atoms with Crippen LogP contribution in [0.15, 0.2) is 18.2 Å². The van der Waals surface area contributed by atoms with Crippen molar-refractivity contribution in [2.24, 2.45) is 0 Å². The van der Waals surface area contributed by atoms with Crippen LogP contribution in [0.3, 0.4) is 0 Å². The van der Waals surface area contributed by atoms with Gasteiger partial charge in [-0.1, -0.05) is 17.7 Å². The van der Waals surface area contributed by atoms with Crippen LogP contribution in [0.5, 0.6) is 0 Å². The van der Waals surface area contributed by atoms with E-state index in [0.717, 1.165) is 0 Å². The zero-order chi connectivity index (χ0) is 10.6. The average Bonchev–Trinajstić information content (AvgIpc) is 2.14. The number of benzene rings is 1. The molecule has 0 aliphatic carbocycles. The molecule has 1 aromatic carbocycles. The Labute approximate surface area is 85.9 Å². The van der Waals surface area contributed by atoms with Crippen LogP contribution in [0.4, 0.5) is 4.39 Å². The average molecular weight is 212 g/mol. The minimum Gasteiger partial charge on any atom is -0.294 e. The van der Waals surface area contributed by atoms with Crippen molar-refractivity contribution < 1.29 is 9.18 Å². The van der Waals surface area contributed by atoms with Crippen LogP contribution in [-0.4, -0.2) is 5.78 Å². The van der Waals surface area contributed by atoms with E-state index in [4.69, 9.17) is 16.9 Å². The minimum absolute atomic E-state index is 0.00282. The van der Waals surface area contributed by atoms with Crippen molar-refractivity contribution in [3.63, 3.8) is 0 Å². The van der Waals surface area contributed by atoms with E-state index in [1.54, 1.807) is 0 Å². The molecular formula is C10H7ClFNO. The fourth-order valence-electron chi connectivity index (χ4n) is 1.06. The third-order valence-corrected chi connectivity index (χ3v) is 2.02. The second-order valence-electron chi connectivity index (χ2n) is 2.68. The van der Waals surface area contributed by atoms with E-state index >= 15 is 0 Å². The molecule has 0 amide bonds. The topological polar surface area (TPSA) is 40.9 Å². The standard InChI is InChI=1S/C10H7ClFNO/c11-7-3-1-4-8(12)10(7)9(14)5-2-6-13/h1,3-4H,2,5H2. The Bertz CT molecular complexity index is 377. The largest absolute Gasteiger partial charge is 0.294 e. The summed E-state index contributed by atoms with van der Waals surface area (Å²) in [5.41, 5.74) is -0.121. The number of nitrogens with zero attached hydrogens (tertiary/aromatic N) is 1. The summed E-state index contributed by atoms with van der Waals surface area (Å²) in [6, 6.07) is 5.87. The quantitative estimate of drug-likeness (QED) is 0.722. The molecule has 0 aromatic heterocycles. The molecule has 0 bridgehead atoms. The highest BCUT2D eigenvalue weighted by molar-refractivity contribution is 6.34. The van der Waals surface area contributed by atoms with Gasteiger partial charge in [0, 0.05) is 12.8 Å². The number of carbonyl (C=O) groups is 1. The van der Waals surface area contributed by atoms with Gasteiger partial charge in [0.05, 0.1) is 16.7 Å². The minimum atomic E-state index is -0.638. The highest BCUT2D eigenvalue weighted by atomic mass is 35.5. The lowest BCUT2D eigenvalue weighted by Crippen LogP contribution is -2.02. The molecule has 0 N–H and O–H groups in total. The first-order valence-electron chi connectivity index (χ1n) is 4.01. The Hall–Kier alpha value is -1.40. The van der Waals surface area contributed by atoms with Gasteiger partial charge in [-0.3, -0.25) is 4.79 Å². The first-order valence-corrected chi connectivity index (χ1v) is 4.38. The zero-order valence-corrected chi connectivity index (χ0v) is 8.01. The van der Waals surface area contributed by atoms with Gasteiger partial charge >= 0.3 is 0 Å². The van der Waals surface area contributed by atoms with E-state index < -0.39 is 11.6 Å². The van der Waals surface area contributed by atoms with Crippen molar-refractivity contribution in [2.45, 2.75) is 12.8 Å². The van der Waals surface area contributed by atoms with Gasteiger partial charge in [-0.2, -0.15) is 5.26 Å². The summed E-state index contributed by atoms with van der Waals surface area (Å²) in [5.74, 6) is -1.07. The summed E-state index contributed by atoms with van der Waals surface area (Å²) in [6.07, 6.45) is 0.0701. The van der Waals surface area contributed by atoms with Gasteiger partial charge in [-0.25, -0.2) is 4.39 Å². The molecule has 0 aliphatic heterocycles. The van der Waals surface area contributed by atoms with Gasteiger partial charge in [-0.05, 0) is 12.1 Å². The molecule has 0 radical (unpaired) electrons. The van der Waals surface area contributed by atoms with Crippen LogP contribution in [0.25, 0.3) is 0 Å². The van der Waals surface area contributed by atoms with E-state index in [9.17, 15) is 9.18 Å². The van der Waals surface area contributed by atoms with Crippen LogP contribution < -0.4 is 0 Å². The molecule has 72 valence electrons. The first kappa shape index (κ1) is 10.7. The Morgan fingerprint density at radius 3 is 2.86 bits per heavy atom. The molecule has 0 atom stereocenters. The molecular weight excluding hydrogens is 205 g/mol. The molecule has 0 aliphatic rings. The van der Waals surface area contributed by atoms with Crippen molar-refractivity contribution in [1.29, 1.82) is 5.26 Å². The monoisotopic (exact) mass is 211 g/mol. The van der Waals surface area contributed by atoms with Crippen LogP contribution in [0.2, 0.25) is 5.02 Å². The van der Waals surface area contributed by atoms with E-state index in [-0.39, 0.29) is 23.4 Å². The zero-order valence-electron chi connectivity index (χ0n) is 7.26. The summed E-state index contributed by atoms with van der Waals surface area (Å²) >= 11 is 5.66. The number of nitriles is 1. The maximum atomic E-state index is 13.1. The van der Waals surface area contributed by atoms with Crippen molar-refractivity contribution in [3.8, 4) is 6.07 Å². The molecule has 14 heavy (non-hydrogen) atoms. The molecule has 0 saturated heterocycles. The lowest BCUT2D eigenvalue weighted by atomic mass is 10.1. The Balaban J connectivity index is 2.95. The Kier molecular flexibility index (Phi) is 3.61. The molecule has 0 unspecified atom stereocenters. The van der Waals surface area contributed by atoms with Gasteiger partial charge in [0.25, 0.3) is 0 Å². The van der Waals surface area contributed by atoms with Crippen LogP contribution >= 0.6 is 11.6 Å². The number of carbonyl (C=O) groups excluding carboxylic acids is 1. The van der Waals surface area contributed by atoms with E-state index in [1.807, 2.05) is 6.07 Å². The fourth-order valence-corrected chi connectivity index (χ4v) is 1.33. The summed E-state index contributed by atoms with van der Waals surface area (Å²) in [7, 11) is 0. The van der Waals surface area contributed by atoms with Gasteiger partial charge < -0.3 is 0 Å². The first-order chi connectivity index (χ1) is 6.66.